The van der Waals surface area contributed by atoms with Crippen LogP contribution >= 0.6 is 0 Å². The fourth-order valence-electron chi connectivity index (χ4n) is 2.07. The average molecular weight is 206 g/mol. The van der Waals surface area contributed by atoms with Gasteiger partial charge in [-0.3, -0.25) is 4.79 Å². The lowest BCUT2D eigenvalue weighted by molar-refractivity contribution is 0.0732. The smallest absolute Gasteiger partial charge is 0.167 e. The Hall–Kier alpha value is -1.35. The molecule has 0 amide bonds. The van der Waals surface area contributed by atoms with Gasteiger partial charge < -0.3 is 9.47 Å². The fourth-order valence-corrected chi connectivity index (χ4v) is 2.07. The van der Waals surface area contributed by atoms with E-state index >= 15 is 0 Å². The highest BCUT2D eigenvalue weighted by Gasteiger charge is 2.28. The summed E-state index contributed by atoms with van der Waals surface area (Å²) in [7, 11) is 3.25. The number of fused-ring (bicyclic) bond motifs is 1. The predicted molar refractivity (Wildman–Crippen MR) is 56.3 cm³/mol. The Morgan fingerprint density at radius 3 is 2.80 bits per heavy atom. The van der Waals surface area contributed by atoms with E-state index in [2.05, 4.69) is 0 Å². The summed E-state index contributed by atoms with van der Waals surface area (Å²) in [6.07, 6.45) is 1.31. The number of carbonyl (C=O) groups excluding carboxylic acids is 1. The summed E-state index contributed by atoms with van der Waals surface area (Å²) < 4.78 is 10.6. The SMILES string of the molecule is COc1cccc2c1C(=O)CCC2OC. The summed E-state index contributed by atoms with van der Waals surface area (Å²) in [6.45, 7) is 0. The molecule has 15 heavy (non-hydrogen) atoms. The van der Waals surface area contributed by atoms with Gasteiger partial charge in [0.05, 0.1) is 18.8 Å². The molecule has 3 nitrogen and oxygen atoms in total. The maximum atomic E-state index is 11.8. The van der Waals surface area contributed by atoms with Crippen LogP contribution in [-0.4, -0.2) is 20.0 Å². The van der Waals surface area contributed by atoms with Crippen molar-refractivity contribution in [3.05, 3.63) is 29.3 Å². The average Bonchev–Trinajstić information content (AvgIpc) is 2.29. The fraction of sp³-hybridized carbons (Fsp3) is 0.417. The molecule has 3 heteroatoms. The summed E-state index contributed by atoms with van der Waals surface area (Å²) >= 11 is 0. The number of rotatable bonds is 2. The molecular formula is C12H14O3. The first-order valence-electron chi connectivity index (χ1n) is 5.00. The van der Waals surface area contributed by atoms with E-state index in [0.717, 1.165) is 12.0 Å². The van der Waals surface area contributed by atoms with Crippen LogP contribution in [0, 0.1) is 0 Å². The molecule has 0 N–H and O–H groups in total. The second-order valence-electron chi connectivity index (χ2n) is 3.61. The van der Waals surface area contributed by atoms with Crippen molar-refractivity contribution < 1.29 is 14.3 Å². The Morgan fingerprint density at radius 1 is 1.33 bits per heavy atom. The van der Waals surface area contributed by atoms with Gasteiger partial charge in [0, 0.05) is 13.5 Å². The van der Waals surface area contributed by atoms with E-state index in [9.17, 15) is 4.79 Å². The molecule has 1 unspecified atom stereocenters. The van der Waals surface area contributed by atoms with E-state index in [4.69, 9.17) is 9.47 Å². The van der Waals surface area contributed by atoms with Crippen LogP contribution < -0.4 is 4.74 Å². The molecule has 1 aliphatic carbocycles. The molecule has 1 aromatic rings. The third-order valence-corrected chi connectivity index (χ3v) is 2.82. The number of benzene rings is 1. The van der Waals surface area contributed by atoms with E-state index < -0.39 is 0 Å². The molecule has 1 aromatic carbocycles. The van der Waals surface area contributed by atoms with Gasteiger partial charge in [-0.1, -0.05) is 12.1 Å². The van der Waals surface area contributed by atoms with Crippen LogP contribution in [-0.2, 0) is 4.74 Å². The summed E-state index contributed by atoms with van der Waals surface area (Å²) in [5, 5.41) is 0. The highest BCUT2D eigenvalue weighted by molar-refractivity contribution is 6.01. The van der Waals surface area contributed by atoms with Gasteiger partial charge in [0.25, 0.3) is 0 Å². The summed E-state index contributed by atoms with van der Waals surface area (Å²) in [6, 6.07) is 5.64. The first-order valence-corrected chi connectivity index (χ1v) is 5.00. The van der Waals surface area contributed by atoms with Gasteiger partial charge in [0.2, 0.25) is 0 Å². The Balaban J connectivity index is 2.55. The maximum Gasteiger partial charge on any atom is 0.167 e. The molecule has 0 heterocycles. The minimum Gasteiger partial charge on any atom is -0.496 e. The lowest BCUT2D eigenvalue weighted by atomic mass is 9.88. The van der Waals surface area contributed by atoms with Crippen LogP contribution in [0.3, 0.4) is 0 Å². The zero-order chi connectivity index (χ0) is 10.8. The second kappa shape index (κ2) is 4.03. The zero-order valence-corrected chi connectivity index (χ0v) is 8.95. The molecule has 1 atom stereocenters. The number of hydrogen-bond acceptors (Lipinski definition) is 3. The highest BCUT2D eigenvalue weighted by atomic mass is 16.5. The van der Waals surface area contributed by atoms with Crippen LogP contribution in [0.1, 0.15) is 34.9 Å². The van der Waals surface area contributed by atoms with Crippen LogP contribution in [0.5, 0.6) is 5.75 Å². The molecule has 0 bridgehead atoms. The zero-order valence-electron chi connectivity index (χ0n) is 8.95. The molecule has 0 aromatic heterocycles. The first kappa shape index (κ1) is 10.2. The molecule has 80 valence electrons. The topological polar surface area (TPSA) is 35.5 Å². The Kier molecular flexibility index (Phi) is 2.73. The molecule has 0 aliphatic heterocycles. The third-order valence-electron chi connectivity index (χ3n) is 2.82. The van der Waals surface area contributed by atoms with E-state index in [0.29, 0.717) is 17.7 Å². The molecule has 0 saturated carbocycles. The highest BCUT2D eigenvalue weighted by Crippen LogP contribution is 2.36. The normalized spacial score (nSPS) is 19.9. The second-order valence-corrected chi connectivity index (χ2v) is 3.61. The molecule has 0 fully saturated rings. The Labute approximate surface area is 89.0 Å². The number of hydrogen-bond donors (Lipinski definition) is 0. The molecule has 0 radical (unpaired) electrons. The van der Waals surface area contributed by atoms with E-state index in [1.54, 1.807) is 14.2 Å². The van der Waals surface area contributed by atoms with Crippen molar-refractivity contribution in [1.82, 2.24) is 0 Å². The monoisotopic (exact) mass is 206 g/mol. The van der Waals surface area contributed by atoms with Gasteiger partial charge >= 0.3 is 0 Å². The molecule has 1 aliphatic rings. The van der Waals surface area contributed by atoms with Crippen LogP contribution in [0.2, 0.25) is 0 Å². The van der Waals surface area contributed by atoms with Crippen molar-refractivity contribution in [2.75, 3.05) is 14.2 Å². The van der Waals surface area contributed by atoms with Crippen molar-refractivity contribution >= 4 is 5.78 Å². The van der Waals surface area contributed by atoms with Crippen LogP contribution in [0.4, 0.5) is 0 Å². The van der Waals surface area contributed by atoms with Crippen molar-refractivity contribution in [1.29, 1.82) is 0 Å². The molecular weight excluding hydrogens is 192 g/mol. The van der Waals surface area contributed by atoms with Crippen LogP contribution in [0.25, 0.3) is 0 Å². The van der Waals surface area contributed by atoms with Gasteiger partial charge in [-0.15, -0.1) is 0 Å². The van der Waals surface area contributed by atoms with Crippen molar-refractivity contribution in [2.45, 2.75) is 18.9 Å². The number of ketones is 1. The lowest BCUT2D eigenvalue weighted by Crippen LogP contribution is -2.17. The summed E-state index contributed by atoms with van der Waals surface area (Å²) in [4.78, 5) is 11.8. The van der Waals surface area contributed by atoms with E-state index in [-0.39, 0.29) is 11.9 Å². The summed E-state index contributed by atoms with van der Waals surface area (Å²) in [5.74, 6) is 0.801. The number of ether oxygens (including phenoxy) is 2. The number of carbonyl (C=O) groups is 1. The van der Waals surface area contributed by atoms with E-state index in [1.807, 2.05) is 18.2 Å². The standard InChI is InChI=1S/C12H14O3/c1-14-10-7-6-9(13)12-8(10)4-3-5-11(12)15-2/h3-5,10H,6-7H2,1-2H3. The van der Waals surface area contributed by atoms with Crippen molar-refractivity contribution in [3.8, 4) is 5.75 Å². The maximum absolute atomic E-state index is 11.8. The predicted octanol–water partition coefficient (Wildman–Crippen LogP) is 2.36. The van der Waals surface area contributed by atoms with Crippen molar-refractivity contribution in [3.63, 3.8) is 0 Å². The molecule has 2 rings (SSSR count). The lowest BCUT2D eigenvalue weighted by Gasteiger charge is -2.24. The van der Waals surface area contributed by atoms with Gasteiger partial charge in [-0.2, -0.15) is 0 Å². The van der Waals surface area contributed by atoms with Crippen molar-refractivity contribution in [2.24, 2.45) is 0 Å². The molecule has 0 spiro atoms. The van der Waals surface area contributed by atoms with Gasteiger partial charge in [-0.25, -0.2) is 0 Å². The molecule has 0 saturated heterocycles. The van der Waals surface area contributed by atoms with E-state index in [1.165, 1.54) is 0 Å². The Morgan fingerprint density at radius 2 is 2.13 bits per heavy atom. The number of methoxy groups -OCH3 is 2. The van der Waals surface area contributed by atoms with Crippen LogP contribution in [0.15, 0.2) is 18.2 Å². The first-order chi connectivity index (χ1) is 7.27. The minimum absolute atomic E-state index is 0.0211. The Bertz CT molecular complexity index is 384. The quantitative estimate of drug-likeness (QED) is 0.745. The third kappa shape index (κ3) is 1.63. The van der Waals surface area contributed by atoms with Gasteiger partial charge in [0.1, 0.15) is 5.75 Å². The largest absolute Gasteiger partial charge is 0.496 e. The summed E-state index contributed by atoms with van der Waals surface area (Å²) in [5.41, 5.74) is 1.64. The van der Waals surface area contributed by atoms with Gasteiger partial charge in [0.15, 0.2) is 5.78 Å². The van der Waals surface area contributed by atoms with Gasteiger partial charge in [-0.05, 0) is 18.1 Å². The minimum atomic E-state index is 0.0211. The number of Topliss-reactive ketones (excluding diaryl/α,β-unsaturated/α-hetero) is 1.